The summed E-state index contributed by atoms with van der Waals surface area (Å²) in [5.74, 6) is -6.10. The number of nitrogens with one attached hydrogen (secondary N) is 3. The smallest absolute Gasteiger partial charge is 0.326 e. The van der Waals surface area contributed by atoms with Crippen LogP contribution in [0, 0.1) is 5.92 Å². The molecule has 0 radical (unpaired) electrons. The number of nitrogens with zero attached hydrogens (tertiary/aromatic N) is 1. The highest BCUT2D eigenvalue weighted by atomic mass is 16.4. The normalized spacial score (nSPS) is 14.3. The van der Waals surface area contributed by atoms with Crippen LogP contribution >= 0.6 is 0 Å². The molecule has 0 aromatic carbocycles. The molecule has 0 saturated heterocycles. The van der Waals surface area contributed by atoms with Crippen molar-refractivity contribution in [2.45, 2.75) is 57.3 Å². The van der Waals surface area contributed by atoms with Gasteiger partial charge in [-0.05, 0) is 18.8 Å². The first-order chi connectivity index (χ1) is 15.3. The Bertz CT molecular complexity index is 739. The van der Waals surface area contributed by atoms with Crippen molar-refractivity contribution in [2.75, 3.05) is 13.2 Å². The fourth-order valence-electron chi connectivity index (χ4n) is 2.46. The van der Waals surface area contributed by atoms with Gasteiger partial charge in [-0.25, -0.2) is 4.79 Å². The van der Waals surface area contributed by atoms with Crippen LogP contribution in [-0.4, -0.2) is 88.3 Å². The molecular formula is C18H33N7O8. The monoisotopic (exact) mass is 475 g/mol. The van der Waals surface area contributed by atoms with Gasteiger partial charge in [0.15, 0.2) is 5.96 Å². The van der Waals surface area contributed by atoms with Gasteiger partial charge in [-0.2, -0.15) is 0 Å². The lowest BCUT2D eigenvalue weighted by Crippen LogP contribution is -2.58. The summed E-state index contributed by atoms with van der Waals surface area (Å²) >= 11 is 0. The Labute approximate surface area is 190 Å². The van der Waals surface area contributed by atoms with Crippen LogP contribution in [0.5, 0.6) is 0 Å². The average Bonchev–Trinajstić information content (AvgIpc) is 2.71. The summed E-state index contributed by atoms with van der Waals surface area (Å²) < 4.78 is 0. The van der Waals surface area contributed by atoms with Gasteiger partial charge in [0.05, 0.1) is 19.1 Å². The minimum absolute atomic E-state index is 0.0641. The van der Waals surface area contributed by atoms with Gasteiger partial charge < -0.3 is 48.5 Å². The van der Waals surface area contributed by atoms with Crippen molar-refractivity contribution in [3.63, 3.8) is 0 Å². The largest absolute Gasteiger partial charge is 0.481 e. The lowest BCUT2D eigenvalue weighted by molar-refractivity contribution is -0.147. The van der Waals surface area contributed by atoms with Crippen molar-refractivity contribution in [3.05, 3.63) is 0 Å². The first-order valence-corrected chi connectivity index (χ1v) is 10.1. The number of carbonyl (C=O) groups excluding carboxylic acids is 3. The molecule has 15 nitrogen and oxygen atoms in total. The van der Waals surface area contributed by atoms with E-state index in [1.165, 1.54) is 0 Å². The molecule has 12 N–H and O–H groups in total. The average molecular weight is 476 g/mol. The second-order valence-corrected chi connectivity index (χ2v) is 7.52. The third kappa shape index (κ3) is 11.6. The number of aliphatic carboxylic acids is 2. The molecule has 0 aliphatic rings. The van der Waals surface area contributed by atoms with Crippen LogP contribution in [0.25, 0.3) is 0 Å². The molecule has 0 rings (SSSR count). The molecule has 4 unspecified atom stereocenters. The minimum Gasteiger partial charge on any atom is -0.481 e. The molecule has 0 aromatic rings. The molecular weight excluding hydrogens is 442 g/mol. The number of rotatable bonds is 15. The minimum atomic E-state index is -1.75. The maximum atomic E-state index is 12.6. The van der Waals surface area contributed by atoms with Gasteiger partial charge in [-0.15, -0.1) is 0 Å². The molecule has 33 heavy (non-hydrogen) atoms. The quantitative estimate of drug-likeness (QED) is 0.0625. The predicted octanol–water partition coefficient (Wildman–Crippen LogP) is -3.97. The zero-order valence-electron chi connectivity index (χ0n) is 18.5. The Morgan fingerprint density at radius 3 is 1.85 bits per heavy atom. The summed E-state index contributed by atoms with van der Waals surface area (Å²) in [7, 11) is 0. The molecule has 0 bridgehead atoms. The lowest BCUT2D eigenvalue weighted by Gasteiger charge is -2.24. The number of aliphatic hydroxyl groups excluding tert-OH is 1. The molecule has 0 saturated carbocycles. The van der Waals surface area contributed by atoms with Gasteiger partial charge in [0.25, 0.3) is 0 Å². The van der Waals surface area contributed by atoms with Gasteiger partial charge in [0, 0.05) is 6.54 Å². The van der Waals surface area contributed by atoms with Crippen LogP contribution in [0.4, 0.5) is 0 Å². The van der Waals surface area contributed by atoms with E-state index in [-0.39, 0.29) is 31.3 Å². The van der Waals surface area contributed by atoms with E-state index >= 15 is 0 Å². The number of carbonyl (C=O) groups is 5. The summed E-state index contributed by atoms with van der Waals surface area (Å²) in [4.78, 5) is 63.1. The number of aliphatic hydroxyl groups is 1. The number of hydrogen-bond donors (Lipinski definition) is 9. The van der Waals surface area contributed by atoms with E-state index in [4.69, 9.17) is 27.4 Å². The van der Waals surface area contributed by atoms with E-state index in [9.17, 15) is 29.1 Å². The zero-order chi connectivity index (χ0) is 25.7. The SMILES string of the molecule is CC(C)C(N)C(=O)NC(CO)C(=O)NC(CCCN=C(N)N)C(=O)NC(CC(=O)O)C(=O)O. The van der Waals surface area contributed by atoms with Crippen LogP contribution in [0.1, 0.15) is 33.1 Å². The molecule has 0 fully saturated rings. The molecule has 0 aromatic heterocycles. The fraction of sp³-hybridized carbons (Fsp3) is 0.667. The van der Waals surface area contributed by atoms with E-state index in [0.29, 0.717) is 0 Å². The van der Waals surface area contributed by atoms with Gasteiger partial charge in [-0.1, -0.05) is 13.8 Å². The Kier molecular flexibility index (Phi) is 13.0. The first-order valence-electron chi connectivity index (χ1n) is 10.1. The number of hydrogen-bond acceptors (Lipinski definition) is 8. The van der Waals surface area contributed by atoms with Crippen LogP contribution in [0.2, 0.25) is 0 Å². The van der Waals surface area contributed by atoms with Crippen LogP contribution in [0.3, 0.4) is 0 Å². The lowest BCUT2D eigenvalue weighted by atomic mass is 10.0. The maximum absolute atomic E-state index is 12.6. The van der Waals surface area contributed by atoms with E-state index in [1.807, 2.05) is 5.32 Å². The molecule has 0 heterocycles. The van der Waals surface area contributed by atoms with E-state index in [0.717, 1.165) is 0 Å². The summed E-state index contributed by atoms with van der Waals surface area (Å²) in [6, 6.07) is -5.47. The molecule has 15 heteroatoms. The third-order valence-corrected chi connectivity index (χ3v) is 4.41. The third-order valence-electron chi connectivity index (χ3n) is 4.41. The standard InChI is InChI=1S/C18H33N7O8/c1-8(2)13(19)16(31)25-11(7-26)15(30)23-9(4-3-5-22-18(20)21)14(29)24-10(17(32)33)6-12(27)28/h8-11,13,26H,3-7,19H2,1-2H3,(H,23,30)(H,24,29)(H,25,31)(H,27,28)(H,32,33)(H4,20,21,22). The summed E-state index contributed by atoms with van der Waals surface area (Å²) in [5.41, 5.74) is 16.2. The van der Waals surface area contributed by atoms with Crippen LogP contribution in [-0.2, 0) is 24.0 Å². The van der Waals surface area contributed by atoms with Crippen LogP contribution in [0.15, 0.2) is 4.99 Å². The molecule has 3 amide bonds. The summed E-state index contributed by atoms with van der Waals surface area (Å²) in [5, 5.41) is 34.1. The molecule has 4 atom stereocenters. The van der Waals surface area contributed by atoms with Gasteiger partial charge >= 0.3 is 11.9 Å². The van der Waals surface area contributed by atoms with E-state index in [1.54, 1.807) is 13.8 Å². The summed E-state index contributed by atoms with van der Waals surface area (Å²) in [6.45, 7) is 2.65. The van der Waals surface area contributed by atoms with Gasteiger partial charge in [0.1, 0.15) is 18.1 Å². The molecule has 0 aliphatic carbocycles. The van der Waals surface area contributed by atoms with Gasteiger partial charge in [-0.3, -0.25) is 24.2 Å². The van der Waals surface area contributed by atoms with Crippen molar-refractivity contribution >= 4 is 35.6 Å². The van der Waals surface area contributed by atoms with E-state index < -0.39 is 66.9 Å². The molecule has 188 valence electrons. The summed E-state index contributed by atoms with van der Waals surface area (Å²) in [6.07, 6.45) is -0.773. The highest BCUT2D eigenvalue weighted by Gasteiger charge is 2.31. The highest BCUT2D eigenvalue weighted by molar-refractivity contribution is 5.94. The Balaban J connectivity index is 5.44. The van der Waals surface area contributed by atoms with E-state index in [2.05, 4.69) is 15.6 Å². The zero-order valence-corrected chi connectivity index (χ0v) is 18.5. The molecule has 0 aliphatic heterocycles. The van der Waals surface area contributed by atoms with Crippen molar-refractivity contribution in [3.8, 4) is 0 Å². The first kappa shape index (κ1) is 29.5. The Morgan fingerprint density at radius 1 is 0.879 bits per heavy atom. The Morgan fingerprint density at radius 2 is 1.39 bits per heavy atom. The number of aliphatic imine (C=N–C) groups is 1. The number of carboxylic acids is 2. The number of nitrogens with two attached hydrogens (primary N) is 3. The highest BCUT2D eigenvalue weighted by Crippen LogP contribution is 2.03. The maximum Gasteiger partial charge on any atom is 0.326 e. The fourth-order valence-corrected chi connectivity index (χ4v) is 2.46. The number of amides is 3. The molecule has 0 spiro atoms. The van der Waals surface area contributed by atoms with Crippen molar-refractivity contribution in [1.29, 1.82) is 0 Å². The van der Waals surface area contributed by atoms with Crippen molar-refractivity contribution in [1.82, 2.24) is 16.0 Å². The second kappa shape index (κ2) is 14.6. The van der Waals surface area contributed by atoms with Gasteiger partial charge in [0.2, 0.25) is 17.7 Å². The van der Waals surface area contributed by atoms with Crippen molar-refractivity contribution < 1.29 is 39.3 Å². The number of guanidine groups is 1. The number of carboxylic acid groups (broad SMARTS) is 2. The predicted molar refractivity (Wildman–Crippen MR) is 115 cm³/mol. The second-order valence-electron chi connectivity index (χ2n) is 7.52. The van der Waals surface area contributed by atoms with Crippen molar-refractivity contribution in [2.24, 2.45) is 28.1 Å². The topological polar surface area (TPSA) is 273 Å². The van der Waals surface area contributed by atoms with Crippen LogP contribution < -0.4 is 33.2 Å². The Hall–Kier alpha value is -3.46.